The lowest BCUT2D eigenvalue weighted by atomic mass is 9.87. The predicted molar refractivity (Wildman–Crippen MR) is 115 cm³/mol. The van der Waals surface area contributed by atoms with Gasteiger partial charge in [0.25, 0.3) is 6.47 Å². The minimum Gasteiger partial charge on any atom is -0.504 e. The molecule has 0 radical (unpaired) electrons. The molecule has 1 fully saturated rings. The summed E-state index contributed by atoms with van der Waals surface area (Å²) in [6.07, 6.45) is 10.5. The third-order valence-corrected chi connectivity index (χ3v) is 6.26. The largest absolute Gasteiger partial charge is 0.504 e. The molecule has 0 saturated heterocycles. The van der Waals surface area contributed by atoms with Crippen molar-refractivity contribution < 1.29 is 29.6 Å². The molecular weight excluding hydrogens is 384 g/mol. The van der Waals surface area contributed by atoms with Gasteiger partial charge in [-0.1, -0.05) is 25.3 Å². The van der Waals surface area contributed by atoms with Crippen LogP contribution in [-0.4, -0.2) is 33.4 Å². The van der Waals surface area contributed by atoms with Crippen LogP contribution >= 0.6 is 0 Å². The van der Waals surface area contributed by atoms with E-state index in [2.05, 4.69) is 0 Å². The Bertz CT molecular complexity index is 721. The first-order valence-corrected chi connectivity index (χ1v) is 11.1. The molecule has 0 heterocycles. The molecule has 0 spiro atoms. The number of aryl methyl sites for hydroxylation is 2. The summed E-state index contributed by atoms with van der Waals surface area (Å²) in [5.74, 6) is -0.869. The highest BCUT2D eigenvalue weighted by Crippen LogP contribution is 2.43. The van der Waals surface area contributed by atoms with Gasteiger partial charge in [-0.3, -0.25) is 9.59 Å². The molecule has 3 N–H and O–H groups in total. The Morgan fingerprint density at radius 2 is 1.73 bits per heavy atom. The average molecular weight is 421 g/mol. The molecule has 1 aliphatic carbocycles. The summed E-state index contributed by atoms with van der Waals surface area (Å²) in [6, 6.07) is 3.60. The van der Waals surface area contributed by atoms with E-state index in [-0.39, 0.29) is 17.1 Å². The van der Waals surface area contributed by atoms with Crippen LogP contribution < -0.4 is 0 Å². The number of hydrogen-bond donors (Lipinski definition) is 3. The van der Waals surface area contributed by atoms with Gasteiger partial charge in [0.05, 0.1) is 5.41 Å². The zero-order chi connectivity index (χ0) is 22.2. The standard InChI is InChI=1S/C24H36O6/c1-23(2,22(28)29)11-7-4-3-5-9-18-15-19(21(27)20(26)16-18)10-6-8-12-24(13-14-24)30-17-25/h15-17,26-27H,3-14H2,1-2H3,(H,28,29). The molecule has 0 amide bonds. The number of unbranched alkanes of at least 4 members (excludes halogenated alkanes) is 4. The maximum Gasteiger partial charge on any atom is 0.309 e. The van der Waals surface area contributed by atoms with Gasteiger partial charge in [-0.25, -0.2) is 0 Å². The number of carboxylic acids is 1. The third kappa shape index (κ3) is 7.22. The number of carboxylic acid groups (broad SMARTS) is 1. The van der Waals surface area contributed by atoms with Gasteiger partial charge in [-0.2, -0.15) is 0 Å². The molecule has 1 saturated carbocycles. The number of hydrogen-bond acceptors (Lipinski definition) is 5. The monoisotopic (exact) mass is 420 g/mol. The van der Waals surface area contributed by atoms with E-state index in [1.165, 1.54) is 0 Å². The maximum absolute atomic E-state index is 11.1. The SMILES string of the molecule is CC(C)(CCCCCCc1cc(O)c(O)c(CCCCC2(OC=O)CC2)c1)C(=O)O. The molecular formula is C24H36O6. The van der Waals surface area contributed by atoms with Gasteiger partial charge in [-0.05, 0) is 88.8 Å². The molecule has 6 nitrogen and oxygen atoms in total. The first-order chi connectivity index (χ1) is 14.2. The van der Waals surface area contributed by atoms with Crippen molar-refractivity contribution in [1.82, 2.24) is 0 Å². The zero-order valence-corrected chi connectivity index (χ0v) is 18.3. The molecule has 2 rings (SSSR count). The molecule has 168 valence electrons. The zero-order valence-electron chi connectivity index (χ0n) is 18.3. The molecule has 1 aromatic carbocycles. The van der Waals surface area contributed by atoms with E-state index >= 15 is 0 Å². The number of aromatic hydroxyl groups is 2. The highest BCUT2D eigenvalue weighted by Gasteiger charge is 2.44. The maximum atomic E-state index is 11.1. The summed E-state index contributed by atoms with van der Waals surface area (Å²) in [7, 11) is 0. The Morgan fingerprint density at radius 3 is 2.37 bits per heavy atom. The van der Waals surface area contributed by atoms with Crippen LogP contribution in [0.3, 0.4) is 0 Å². The van der Waals surface area contributed by atoms with E-state index in [1.54, 1.807) is 19.9 Å². The Hall–Kier alpha value is -2.24. The second kappa shape index (κ2) is 10.7. The first-order valence-electron chi connectivity index (χ1n) is 11.1. The highest BCUT2D eigenvalue weighted by atomic mass is 16.5. The van der Waals surface area contributed by atoms with Crippen LogP contribution in [0.1, 0.15) is 89.2 Å². The minimum absolute atomic E-state index is 0.0417. The Balaban J connectivity index is 1.73. The number of phenols is 2. The van der Waals surface area contributed by atoms with Gasteiger partial charge in [0.2, 0.25) is 0 Å². The van der Waals surface area contributed by atoms with E-state index in [4.69, 9.17) is 9.84 Å². The molecule has 0 unspecified atom stereocenters. The number of rotatable bonds is 15. The molecule has 0 bridgehead atoms. The van der Waals surface area contributed by atoms with Crippen molar-refractivity contribution in [2.75, 3.05) is 0 Å². The second-order valence-electron chi connectivity index (χ2n) is 9.33. The quantitative estimate of drug-likeness (QED) is 0.207. The fourth-order valence-electron chi connectivity index (χ4n) is 3.86. The summed E-state index contributed by atoms with van der Waals surface area (Å²) < 4.78 is 5.16. The molecule has 6 heteroatoms. The lowest BCUT2D eigenvalue weighted by molar-refractivity contribution is -0.147. The van der Waals surface area contributed by atoms with Crippen molar-refractivity contribution >= 4 is 12.4 Å². The van der Waals surface area contributed by atoms with Gasteiger partial charge in [-0.15, -0.1) is 0 Å². The second-order valence-corrected chi connectivity index (χ2v) is 9.33. The average Bonchev–Trinajstić information content (AvgIpc) is 3.45. The van der Waals surface area contributed by atoms with Gasteiger partial charge in [0.15, 0.2) is 11.5 Å². The smallest absolute Gasteiger partial charge is 0.309 e. The van der Waals surface area contributed by atoms with Crippen LogP contribution in [0.5, 0.6) is 11.5 Å². The predicted octanol–water partition coefficient (Wildman–Crippen LogP) is 5.12. The fraction of sp³-hybridized carbons (Fsp3) is 0.667. The first kappa shape index (κ1) is 24.0. The van der Waals surface area contributed by atoms with E-state index in [1.807, 2.05) is 6.07 Å². The molecule has 30 heavy (non-hydrogen) atoms. The van der Waals surface area contributed by atoms with E-state index < -0.39 is 11.4 Å². The molecule has 0 atom stereocenters. The summed E-state index contributed by atoms with van der Waals surface area (Å²) in [5, 5.41) is 29.4. The van der Waals surface area contributed by atoms with Crippen molar-refractivity contribution in [3.63, 3.8) is 0 Å². The number of carbonyl (C=O) groups excluding carboxylic acids is 1. The lowest BCUT2D eigenvalue weighted by Gasteiger charge is -2.18. The van der Waals surface area contributed by atoms with Gasteiger partial charge in [0, 0.05) is 0 Å². The summed E-state index contributed by atoms with van der Waals surface area (Å²) >= 11 is 0. The number of carbonyl (C=O) groups is 2. The van der Waals surface area contributed by atoms with Crippen LogP contribution in [-0.2, 0) is 27.2 Å². The van der Waals surface area contributed by atoms with Crippen LogP contribution in [0, 0.1) is 5.41 Å². The number of ether oxygens (including phenoxy) is 1. The van der Waals surface area contributed by atoms with Crippen LogP contribution in [0.25, 0.3) is 0 Å². The topological polar surface area (TPSA) is 104 Å². The number of benzene rings is 1. The van der Waals surface area contributed by atoms with Crippen LogP contribution in [0.4, 0.5) is 0 Å². The Labute approximate surface area is 179 Å². The minimum atomic E-state index is -0.752. The summed E-state index contributed by atoms with van der Waals surface area (Å²) in [4.78, 5) is 21.7. The third-order valence-electron chi connectivity index (χ3n) is 6.26. The molecule has 1 aromatic rings. The summed E-state index contributed by atoms with van der Waals surface area (Å²) in [6.45, 7) is 4.05. The van der Waals surface area contributed by atoms with E-state index in [0.29, 0.717) is 19.3 Å². The lowest BCUT2D eigenvalue weighted by Crippen LogP contribution is -2.23. The molecule has 1 aliphatic rings. The van der Waals surface area contributed by atoms with Gasteiger partial charge >= 0.3 is 5.97 Å². The van der Waals surface area contributed by atoms with E-state index in [9.17, 15) is 19.8 Å². The van der Waals surface area contributed by atoms with Crippen molar-refractivity contribution in [1.29, 1.82) is 0 Å². The normalized spacial score (nSPS) is 15.0. The van der Waals surface area contributed by atoms with Crippen molar-refractivity contribution in [2.45, 2.75) is 96.5 Å². The van der Waals surface area contributed by atoms with Crippen LogP contribution in [0.15, 0.2) is 12.1 Å². The highest BCUT2D eigenvalue weighted by molar-refractivity contribution is 5.73. The van der Waals surface area contributed by atoms with Crippen molar-refractivity contribution in [3.05, 3.63) is 23.3 Å². The number of aliphatic carboxylic acids is 1. The molecule has 0 aromatic heterocycles. The van der Waals surface area contributed by atoms with Crippen LogP contribution in [0.2, 0.25) is 0 Å². The van der Waals surface area contributed by atoms with Crippen molar-refractivity contribution in [2.24, 2.45) is 5.41 Å². The van der Waals surface area contributed by atoms with E-state index in [0.717, 1.165) is 75.3 Å². The van der Waals surface area contributed by atoms with Gasteiger partial charge < -0.3 is 20.1 Å². The van der Waals surface area contributed by atoms with Crippen molar-refractivity contribution in [3.8, 4) is 11.5 Å². The summed E-state index contributed by atoms with van der Waals surface area (Å²) in [5.41, 5.74) is 0.854. The fourth-order valence-corrected chi connectivity index (χ4v) is 3.86. The Morgan fingerprint density at radius 1 is 1.07 bits per heavy atom. The molecule has 0 aliphatic heterocycles. The van der Waals surface area contributed by atoms with Gasteiger partial charge in [0.1, 0.15) is 5.60 Å². The Kier molecular flexibility index (Phi) is 8.56. The number of phenolic OH excluding ortho intramolecular Hbond substituents is 2.